The molecular formula is C36H40O8. The van der Waals surface area contributed by atoms with Crippen LogP contribution in [0, 0.1) is 0 Å². The zero-order valence-corrected chi connectivity index (χ0v) is 26.0. The van der Waals surface area contributed by atoms with Crippen LogP contribution in [0.1, 0.15) is 40.5 Å². The van der Waals surface area contributed by atoms with Gasteiger partial charge in [0.15, 0.2) is 23.0 Å². The van der Waals surface area contributed by atoms with E-state index in [2.05, 4.69) is 0 Å². The van der Waals surface area contributed by atoms with Crippen LogP contribution in [0.15, 0.2) is 97.1 Å². The Balaban J connectivity index is 0.000000240. The summed E-state index contributed by atoms with van der Waals surface area (Å²) in [6, 6.07) is 30.8. The number of methoxy groups -OCH3 is 2. The van der Waals surface area contributed by atoms with Crippen molar-refractivity contribution in [2.45, 2.75) is 51.7 Å². The van der Waals surface area contributed by atoms with Crippen molar-refractivity contribution < 1.29 is 38.7 Å². The molecule has 4 rings (SSSR count). The van der Waals surface area contributed by atoms with Gasteiger partial charge in [-0.1, -0.05) is 86.6 Å². The first kappa shape index (κ1) is 33.5. The number of carboxylic acids is 2. The second-order valence-corrected chi connectivity index (χ2v) is 10.4. The molecule has 0 amide bonds. The van der Waals surface area contributed by atoms with E-state index >= 15 is 0 Å². The van der Waals surface area contributed by atoms with Crippen LogP contribution < -0.4 is 18.9 Å². The van der Waals surface area contributed by atoms with Crippen LogP contribution in [0.25, 0.3) is 22.3 Å². The SMILES string of the molecule is CCC(C)(Oc1ccc(-c2ccccc2)cc1OC)C(=O)O.CCC(C)(Oc1ccc(-c2ccccc2)cc1OC)C(=O)O. The first-order valence-electron chi connectivity index (χ1n) is 14.3. The third-order valence-corrected chi connectivity index (χ3v) is 7.47. The Hall–Kier alpha value is -4.98. The molecule has 8 heteroatoms. The van der Waals surface area contributed by atoms with Crippen LogP contribution in [0.3, 0.4) is 0 Å². The standard InChI is InChI=1S/2C18H20O4/c2*1-4-18(2,17(19)20)22-15-11-10-14(12-16(15)21-3)13-8-6-5-7-9-13/h2*5-12H,4H2,1-3H3,(H,19,20). The lowest BCUT2D eigenvalue weighted by atomic mass is 10.0. The van der Waals surface area contributed by atoms with Gasteiger partial charge in [0.05, 0.1) is 14.2 Å². The summed E-state index contributed by atoms with van der Waals surface area (Å²) in [5.74, 6) is -0.110. The second kappa shape index (κ2) is 15.0. The summed E-state index contributed by atoms with van der Waals surface area (Å²) in [5, 5.41) is 18.6. The van der Waals surface area contributed by atoms with E-state index in [0.717, 1.165) is 22.3 Å². The van der Waals surface area contributed by atoms with Crippen molar-refractivity contribution in [3.8, 4) is 45.3 Å². The van der Waals surface area contributed by atoms with E-state index in [9.17, 15) is 19.8 Å². The van der Waals surface area contributed by atoms with Crippen LogP contribution >= 0.6 is 0 Å². The zero-order chi connectivity index (χ0) is 32.3. The van der Waals surface area contributed by atoms with E-state index < -0.39 is 23.1 Å². The summed E-state index contributed by atoms with van der Waals surface area (Å²) in [5.41, 5.74) is 1.53. The van der Waals surface area contributed by atoms with E-state index in [-0.39, 0.29) is 0 Å². The average Bonchev–Trinajstić information content (AvgIpc) is 3.05. The van der Waals surface area contributed by atoms with Gasteiger partial charge in [-0.05, 0) is 73.2 Å². The number of rotatable bonds is 12. The minimum Gasteiger partial charge on any atom is -0.493 e. The van der Waals surface area contributed by atoms with Gasteiger partial charge in [-0.25, -0.2) is 9.59 Å². The average molecular weight is 601 g/mol. The lowest BCUT2D eigenvalue weighted by Gasteiger charge is -2.26. The van der Waals surface area contributed by atoms with Gasteiger partial charge in [0, 0.05) is 0 Å². The third-order valence-electron chi connectivity index (χ3n) is 7.47. The molecule has 44 heavy (non-hydrogen) atoms. The predicted molar refractivity (Wildman–Crippen MR) is 171 cm³/mol. The molecule has 0 bridgehead atoms. The molecule has 0 aliphatic heterocycles. The Morgan fingerprint density at radius 1 is 0.545 bits per heavy atom. The van der Waals surface area contributed by atoms with Crippen molar-refractivity contribution in [2.75, 3.05) is 14.2 Å². The van der Waals surface area contributed by atoms with E-state index in [1.165, 1.54) is 0 Å². The molecule has 0 heterocycles. The summed E-state index contributed by atoms with van der Waals surface area (Å²) >= 11 is 0. The highest BCUT2D eigenvalue weighted by atomic mass is 16.6. The molecule has 0 aliphatic carbocycles. The Labute approximate surface area is 258 Å². The van der Waals surface area contributed by atoms with Crippen molar-refractivity contribution in [1.29, 1.82) is 0 Å². The highest BCUT2D eigenvalue weighted by molar-refractivity contribution is 5.78. The lowest BCUT2D eigenvalue weighted by molar-refractivity contribution is -0.154. The molecule has 0 saturated heterocycles. The van der Waals surface area contributed by atoms with Crippen molar-refractivity contribution in [3.63, 3.8) is 0 Å². The van der Waals surface area contributed by atoms with Gasteiger partial charge >= 0.3 is 11.9 Å². The highest BCUT2D eigenvalue weighted by Crippen LogP contribution is 2.36. The minimum absolute atomic E-state index is 0.353. The van der Waals surface area contributed by atoms with Crippen LogP contribution in [-0.4, -0.2) is 47.6 Å². The smallest absolute Gasteiger partial charge is 0.347 e. The number of carboxylic acid groups (broad SMARTS) is 2. The Morgan fingerprint density at radius 3 is 1.16 bits per heavy atom. The van der Waals surface area contributed by atoms with Crippen molar-refractivity contribution in [1.82, 2.24) is 0 Å². The summed E-state index contributed by atoms with van der Waals surface area (Å²) in [6.07, 6.45) is 0.706. The summed E-state index contributed by atoms with van der Waals surface area (Å²) in [6.45, 7) is 6.66. The molecular weight excluding hydrogens is 560 g/mol. The fourth-order valence-electron chi connectivity index (χ4n) is 4.14. The Bertz CT molecular complexity index is 1420. The second-order valence-electron chi connectivity index (χ2n) is 10.4. The van der Waals surface area contributed by atoms with Gasteiger partial charge in [-0.15, -0.1) is 0 Å². The lowest BCUT2D eigenvalue weighted by Crippen LogP contribution is -2.40. The number of benzene rings is 4. The fourth-order valence-corrected chi connectivity index (χ4v) is 4.14. The van der Waals surface area contributed by atoms with E-state index in [1.54, 1.807) is 54.0 Å². The molecule has 2 unspecified atom stereocenters. The van der Waals surface area contributed by atoms with Crippen LogP contribution in [0.2, 0.25) is 0 Å². The molecule has 0 radical (unpaired) electrons. The quantitative estimate of drug-likeness (QED) is 0.168. The number of hydrogen-bond acceptors (Lipinski definition) is 6. The number of hydrogen-bond donors (Lipinski definition) is 2. The van der Waals surface area contributed by atoms with E-state index in [1.807, 2.05) is 84.9 Å². The van der Waals surface area contributed by atoms with Crippen LogP contribution in [-0.2, 0) is 9.59 Å². The largest absolute Gasteiger partial charge is 0.493 e. The molecule has 0 spiro atoms. The number of carbonyl (C=O) groups is 2. The molecule has 2 N–H and O–H groups in total. The number of aliphatic carboxylic acids is 2. The Kier molecular flexibility index (Phi) is 11.4. The van der Waals surface area contributed by atoms with Gasteiger partial charge < -0.3 is 29.2 Å². The van der Waals surface area contributed by atoms with Gasteiger partial charge in [0.1, 0.15) is 0 Å². The Morgan fingerprint density at radius 2 is 0.886 bits per heavy atom. The van der Waals surface area contributed by atoms with Gasteiger partial charge in [0.2, 0.25) is 11.2 Å². The summed E-state index contributed by atoms with van der Waals surface area (Å²) < 4.78 is 22.1. The third kappa shape index (κ3) is 8.10. The van der Waals surface area contributed by atoms with Crippen molar-refractivity contribution in [2.24, 2.45) is 0 Å². The van der Waals surface area contributed by atoms with Crippen LogP contribution in [0.5, 0.6) is 23.0 Å². The molecule has 0 fully saturated rings. The van der Waals surface area contributed by atoms with Crippen LogP contribution in [0.4, 0.5) is 0 Å². The maximum atomic E-state index is 11.4. The molecule has 4 aromatic carbocycles. The number of ether oxygens (including phenoxy) is 4. The predicted octanol–water partition coefficient (Wildman–Crippen LogP) is 7.99. The van der Waals surface area contributed by atoms with Gasteiger partial charge in [-0.2, -0.15) is 0 Å². The zero-order valence-electron chi connectivity index (χ0n) is 26.0. The molecule has 0 aromatic heterocycles. The summed E-state index contributed by atoms with van der Waals surface area (Å²) in [4.78, 5) is 22.8. The molecule has 2 atom stereocenters. The van der Waals surface area contributed by atoms with E-state index in [0.29, 0.717) is 35.8 Å². The monoisotopic (exact) mass is 600 g/mol. The minimum atomic E-state index is -1.28. The van der Waals surface area contributed by atoms with Gasteiger partial charge in [0.25, 0.3) is 0 Å². The first-order chi connectivity index (χ1) is 21.0. The molecule has 8 nitrogen and oxygen atoms in total. The summed E-state index contributed by atoms with van der Waals surface area (Å²) in [7, 11) is 3.09. The molecule has 4 aromatic rings. The first-order valence-corrected chi connectivity index (χ1v) is 14.3. The maximum absolute atomic E-state index is 11.4. The maximum Gasteiger partial charge on any atom is 0.347 e. The topological polar surface area (TPSA) is 112 Å². The molecule has 0 aliphatic rings. The highest BCUT2D eigenvalue weighted by Gasteiger charge is 2.35. The molecule has 0 saturated carbocycles. The normalized spacial score (nSPS) is 13.2. The fraction of sp³-hybridized carbons (Fsp3) is 0.278. The van der Waals surface area contributed by atoms with Crippen molar-refractivity contribution >= 4 is 11.9 Å². The van der Waals surface area contributed by atoms with E-state index in [4.69, 9.17) is 18.9 Å². The van der Waals surface area contributed by atoms with Crippen molar-refractivity contribution in [3.05, 3.63) is 97.1 Å². The molecule has 232 valence electrons. The van der Waals surface area contributed by atoms with Gasteiger partial charge in [-0.3, -0.25) is 0 Å².